The molecule has 6 nitrogen and oxygen atoms in total. The largest absolute Gasteiger partial charge is 0.302 e. The van der Waals surface area contributed by atoms with Crippen molar-refractivity contribution in [2.45, 2.75) is 34.1 Å². The molecule has 0 saturated heterocycles. The molecule has 2 heterocycles. The zero-order valence-corrected chi connectivity index (χ0v) is 16.7. The number of aromatic nitrogens is 2. The number of hydrogen-bond donors (Lipinski definition) is 2. The van der Waals surface area contributed by atoms with E-state index in [-0.39, 0.29) is 18.2 Å². The fourth-order valence-corrected chi connectivity index (χ4v) is 3.83. The van der Waals surface area contributed by atoms with Gasteiger partial charge >= 0.3 is 0 Å². The van der Waals surface area contributed by atoms with Crippen LogP contribution in [0.25, 0.3) is 10.2 Å². The van der Waals surface area contributed by atoms with Crippen molar-refractivity contribution in [1.29, 1.82) is 0 Å². The number of rotatable bonds is 4. The first-order chi connectivity index (χ1) is 12.2. The second-order valence-corrected chi connectivity index (χ2v) is 8.95. The van der Waals surface area contributed by atoms with Gasteiger partial charge in [-0.05, 0) is 24.6 Å². The van der Waals surface area contributed by atoms with Crippen LogP contribution < -0.4 is 10.6 Å². The van der Waals surface area contributed by atoms with Gasteiger partial charge in [-0.2, -0.15) is 0 Å². The van der Waals surface area contributed by atoms with Gasteiger partial charge in [-0.3, -0.25) is 9.59 Å². The van der Waals surface area contributed by atoms with Gasteiger partial charge in [-0.15, -0.1) is 11.3 Å². The summed E-state index contributed by atoms with van der Waals surface area (Å²) in [6.45, 7) is 7.53. The number of fused-ring (bicyclic) bond motifs is 1. The number of carbonyl (C=O) groups is 2. The first-order valence-corrected chi connectivity index (χ1v) is 9.83. The molecule has 2 amide bonds. The van der Waals surface area contributed by atoms with Crippen molar-refractivity contribution < 1.29 is 9.59 Å². The zero-order valence-electron chi connectivity index (χ0n) is 15.0. The van der Waals surface area contributed by atoms with Crippen LogP contribution in [0.3, 0.4) is 0 Å². The minimum atomic E-state index is -0.492. The SMILES string of the molecule is Cc1ccc2nc(NC(=O)Cc3csc(NC(=O)C(C)(C)C)n3)sc2c1. The predicted octanol–water partition coefficient (Wildman–Crippen LogP) is 4.23. The molecule has 0 saturated carbocycles. The molecule has 8 heteroatoms. The maximum Gasteiger partial charge on any atom is 0.232 e. The molecule has 0 radical (unpaired) electrons. The first kappa shape index (κ1) is 18.5. The van der Waals surface area contributed by atoms with Gasteiger partial charge in [0.05, 0.1) is 22.3 Å². The summed E-state index contributed by atoms with van der Waals surface area (Å²) in [5, 5.41) is 8.45. The number of thiazole rings is 2. The van der Waals surface area contributed by atoms with E-state index in [9.17, 15) is 9.59 Å². The molecule has 0 unspecified atom stereocenters. The summed E-state index contributed by atoms with van der Waals surface area (Å²) < 4.78 is 1.04. The lowest BCUT2D eigenvalue weighted by atomic mass is 9.96. The maximum absolute atomic E-state index is 12.2. The summed E-state index contributed by atoms with van der Waals surface area (Å²) in [4.78, 5) is 33.0. The highest BCUT2D eigenvalue weighted by Crippen LogP contribution is 2.27. The van der Waals surface area contributed by atoms with Crippen molar-refractivity contribution in [3.05, 3.63) is 34.8 Å². The van der Waals surface area contributed by atoms with Crippen LogP contribution in [0.1, 0.15) is 32.0 Å². The maximum atomic E-state index is 12.2. The molecule has 2 N–H and O–H groups in total. The summed E-state index contributed by atoms with van der Waals surface area (Å²) in [6.07, 6.45) is 0.136. The molecule has 26 heavy (non-hydrogen) atoms. The Balaban J connectivity index is 1.62. The molecule has 0 atom stereocenters. The predicted molar refractivity (Wildman–Crippen MR) is 107 cm³/mol. The van der Waals surface area contributed by atoms with E-state index >= 15 is 0 Å². The lowest BCUT2D eigenvalue weighted by molar-refractivity contribution is -0.123. The van der Waals surface area contributed by atoms with Gasteiger partial charge in [0, 0.05) is 10.8 Å². The molecule has 0 aliphatic carbocycles. The van der Waals surface area contributed by atoms with Crippen molar-refractivity contribution >= 4 is 55.0 Å². The van der Waals surface area contributed by atoms with Crippen molar-refractivity contribution in [2.24, 2.45) is 5.41 Å². The molecule has 0 aliphatic heterocycles. The number of benzene rings is 1. The topological polar surface area (TPSA) is 84.0 Å². The lowest BCUT2D eigenvalue weighted by Crippen LogP contribution is -2.27. The average molecular weight is 389 g/mol. The van der Waals surface area contributed by atoms with Crippen molar-refractivity contribution in [3.8, 4) is 0 Å². The highest BCUT2D eigenvalue weighted by atomic mass is 32.1. The van der Waals surface area contributed by atoms with Crippen LogP contribution in [0.2, 0.25) is 0 Å². The summed E-state index contributed by atoms with van der Waals surface area (Å²) in [5.74, 6) is -0.285. The summed E-state index contributed by atoms with van der Waals surface area (Å²) >= 11 is 2.76. The van der Waals surface area contributed by atoms with E-state index in [1.807, 2.05) is 45.9 Å². The molecule has 1 aromatic carbocycles. The van der Waals surface area contributed by atoms with Crippen LogP contribution in [0.5, 0.6) is 0 Å². The molecule has 0 fully saturated rings. The smallest absolute Gasteiger partial charge is 0.232 e. The van der Waals surface area contributed by atoms with Crippen LogP contribution in [0.4, 0.5) is 10.3 Å². The van der Waals surface area contributed by atoms with Crippen LogP contribution in [0, 0.1) is 12.3 Å². The molecule has 3 rings (SSSR count). The normalized spacial score (nSPS) is 11.5. The Hall–Kier alpha value is -2.32. The second-order valence-electron chi connectivity index (χ2n) is 7.06. The third kappa shape index (κ3) is 4.44. The molecule has 3 aromatic rings. The van der Waals surface area contributed by atoms with Crippen LogP contribution in [-0.4, -0.2) is 21.8 Å². The van der Waals surface area contributed by atoms with Gasteiger partial charge in [-0.1, -0.05) is 38.2 Å². The Kier molecular flexibility index (Phi) is 5.06. The molecule has 0 spiro atoms. The summed E-state index contributed by atoms with van der Waals surface area (Å²) in [7, 11) is 0. The monoisotopic (exact) mass is 388 g/mol. The van der Waals surface area contributed by atoms with E-state index in [4.69, 9.17) is 0 Å². The lowest BCUT2D eigenvalue weighted by Gasteiger charge is -2.15. The number of carbonyl (C=O) groups excluding carboxylic acids is 2. The van der Waals surface area contributed by atoms with Crippen molar-refractivity contribution in [3.63, 3.8) is 0 Å². The molecule has 0 bridgehead atoms. The Morgan fingerprint density at radius 3 is 2.62 bits per heavy atom. The van der Waals surface area contributed by atoms with Gasteiger partial charge in [0.2, 0.25) is 11.8 Å². The first-order valence-electron chi connectivity index (χ1n) is 8.13. The van der Waals surface area contributed by atoms with Gasteiger partial charge in [-0.25, -0.2) is 9.97 Å². The third-order valence-corrected chi connectivity index (χ3v) is 5.33. The third-order valence-electron chi connectivity index (χ3n) is 3.59. The van der Waals surface area contributed by atoms with Gasteiger partial charge in [0.25, 0.3) is 0 Å². The van der Waals surface area contributed by atoms with Gasteiger partial charge in [0.15, 0.2) is 10.3 Å². The van der Waals surface area contributed by atoms with Gasteiger partial charge in [0.1, 0.15) is 0 Å². The number of nitrogens with one attached hydrogen (secondary N) is 2. The minimum absolute atomic E-state index is 0.104. The fraction of sp³-hybridized carbons (Fsp3) is 0.333. The Bertz CT molecular complexity index is 969. The van der Waals surface area contributed by atoms with E-state index in [1.54, 1.807) is 5.38 Å². The van der Waals surface area contributed by atoms with Crippen LogP contribution >= 0.6 is 22.7 Å². The Morgan fingerprint density at radius 2 is 1.88 bits per heavy atom. The van der Waals surface area contributed by atoms with E-state index < -0.39 is 5.41 Å². The molecular formula is C18H20N4O2S2. The Labute approximate surface area is 159 Å². The minimum Gasteiger partial charge on any atom is -0.302 e. The van der Waals surface area contributed by atoms with Crippen LogP contribution in [0.15, 0.2) is 23.6 Å². The van der Waals surface area contributed by atoms with Crippen molar-refractivity contribution in [2.75, 3.05) is 10.6 Å². The quantitative estimate of drug-likeness (QED) is 0.701. The summed E-state index contributed by atoms with van der Waals surface area (Å²) in [6, 6.07) is 5.99. The van der Waals surface area contributed by atoms with Crippen molar-refractivity contribution in [1.82, 2.24) is 9.97 Å². The van der Waals surface area contributed by atoms with E-state index in [0.29, 0.717) is 16.0 Å². The van der Waals surface area contributed by atoms with E-state index in [2.05, 4.69) is 20.6 Å². The number of nitrogens with zero attached hydrogens (tertiary/aromatic N) is 2. The fourth-order valence-electron chi connectivity index (χ4n) is 2.14. The number of amides is 2. The van der Waals surface area contributed by atoms with Gasteiger partial charge < -0.3 is 10.6 Å². The Morgan fingerprint density at radius 1 is 1.12 bits per heavy atom. The molecule has 0 aliphatic rings. The van der Waals surface area contributed by atoms with Crippen LogP contribution in [-0.2, 0) is 16.0 Å². The summed E-state index contributed by atoms with van der Waals surface area (Å²) in [5.41, 5.74) is 2.16. The zero-order chi connectivity index (χ0) is 18.9. The average Bonchev–Trinajstić information content (AvgIpc) is 3.12. The number of aryl methyl sites for hydroxylation is 1. The molecule has 2 aromatic heterocycles. The highest BCUT2D eigenvalue weighted by Gasteiger charge is 2.22. The molecule has 136 valence electrons. The number of anilines is 2. The molecular weight excluding hydrogens is 368 g/mol. The van der Waals surface area contributed by atoms with E-state index in [0.717, 1.165) is 15.8 Å². The second kappa shape index (κ2) is 7.13. The van der Waals surface area contributed by atoms with E-state index in [1.165, 1.54) is 22.7 Å². The standard InChI is InChI=1S/C18H20N4O2S2/c1-10-5-6-12-13(7-10)26-17(20-12)21-14(23)8-11-9-25-16(19-11)22-15(24)18(2,3)4/h5-7,9H,8H2,1-4H3,(H,19,22,24)(H,20,21,23). The highest BCUT2D eigenvalue weighted by molar-refractivity contribution is 7.22. The number of hydrogen-bond acceptors (Lipinski definition) is 6.